The van der Waals surface area contributed by atoms with Crippen molar-refractivity contribution in [1.29, 1.82) is 0 Å². The van der Waals surface area contributed by atoms with Crippen molar-refractivity contribution in [1.82, 2.24) is 0 Å². The summed E-state index contributed by atoms with van der Waals surface area (Å²) in [5, 5.41) is 0. The number of esters is 1. The van der Waals surface area contributed by atoms with Gasteiger partial charge in [-0.05, 0) is 51.0 Å². The first-order chi connectivity index (χ1) is 12.2. The number of halogens is 1. The predicted octanol–water partition coefficient (Wildman–Crippen LogP) is 4.20. The fourth-order valence-corrected chi connectivity index (χ4v) is 3.56. The van der Waals surface area contributed by atoms with Gasteiger partial charge in [-0.2, -0.15) is 0 Å². The standard InChI is InChI=1S/C20H22BBrO4/c1-19(2)20(3,4)26-21(25-19)17-15(13-9-7-6-8-10-13)11-14(12-16(17)22)18(23)24-5/h6-12H,1-5H3. The highest BCUT2D eigenvalue weighted by Crippen LogP contribution is 2.38. The molecule has 0 N–H and O–H groups in total. The molecule has 1 fully saturated rings. The topological polar surface area (TPSA) is 44.8 Å². The van der Waals surface area contributed by atoms with Gasteiger partial charge in [0.05, 0.1) is 23.9 Å². The molecule has 136 valence electrons. The van der Waals surface area contributed by atoms with Crippen LogP contribution in [0.25, 0.3) is 11.1 Å². The maximum atomic E-state index is 12.1. The Morgan fingerprint density at radius 1 is 1.04 bits per heavy atom. The number of methoxy groups -OCH3 is 1. The van der Waals surface area contributed by atoms with Crippen LogP contribution in [0.2, 0.25) is 0 Å². The van der Waals surface area contributed by atoms with Crippen molar-refractivity contribution in [3.63, 3.8) is 0 Å². The van der Waals surface area contributed by atoms with E-state index >= 15 is 0 Å². The van der Waals surface area contributed by atoms with E-state index < -0.39 is 18.3 Å². The van der Waals surface area contributed by atoms with E-state index in [1.165, 1.54) is 7.11 Å². The van der Waals surface area contributed by atoms with Gasteiger partial charge in [0, 0.05) is 9.94 Å². The number of benzene rings is 2. The SMILES string of the molecule is COC(=O)c1cc(Br)c(B2OC(C)(C)C(C)(C)O2)c(-c2ccccc2)c1. The number of carbonyl (C=O) groups is 1. The summed E-state index contributed by atoms with van der Waals surface area (Å²) in [5.41, 5.74) is 2.28. The molecule has 0 bridgehead atoms. The van der Waals surface area contributed by atoms with Crippen LogP contribution >= 0.6 is 15.9 Å². The Kier molecular flexibility index (Phi) is 5.03. The molecule has 0 spiro atoms. The fourth-order valence-electron chi connectivity index (χ4n) is 2.91. The second-order valence-electron chi connectivity index (χ2n) is 7.37. The lowest BCUT2D eigenvalue weighted by atomic mass is 9.74. The molecule has 2 aromatic carbocycles. The molecule has 2 aromatic rings. The number of ether oxygens (including phenoxy) is 1. The lowest BCUT2D eigenvalue weighted by Crippen LogP contribution is -2.41. The van der Waals surface area contributed by atoms with Crippen LogP contribution in [0.4, 0.5) is 0 Å². The summed E-state index contributed by atoms with van der Waals surface area (Å²) in [6.45, 7) is 8.08. The minimum Gasteiger partial charge on any atom is -0.465 e. The number of hydrogen-bond donors (Lipinski definition) is 0. The van der Waals surface area contributed by atoms with Gasteiger partial charge in [-0.3, -0.25) is 0 Å². The van der Waals surface area contributed by atoms with Gasteiger partial charge in [0.2, 0.25) is 0 Å². The van der Waals surface area contributed by atoms with Crippen molar-refractivity contribution in [3.05, 3.63) is 52.5 Å². The van der Waals surface area contributed by atoms with Crippen LogP contribution in [0.3, 0.4) is 0 Å². The summed E-state index contributed by atoms with van der Waals surface area (Å²) in [7, 11) is 0.830. The number of carbonyl (C=O) groups excluding carboxylic acids is 1. The summed E-state index contributed by atoms with van der Waals surface area (Å²) in [6.07, 6.45) is 0. The summed E-state index contributed by atoms with van der Waals surface area (Å²) < 4.78 is 18.1. The fraction of sp³-hybridized carbons (Fsp3) is 0.350. The molecule has 0 saturated carbocycles. The first-order valence-electron chi connectivity index (χ1n) is 8.49. The third kappa shape index (κ3) is 3.33. The molecule has 0 amide bonds. The molecule has 1 aliphatic heterocycles. The van der Waals surface area contributed by atoms with Crippen LogP contribution in [0, 0.1) is 0 Å². The predicted molar refractivity (Wildman–Crippen MR) is 107 cm³/mol. The molecule has 4 nitrogen and oxygen atoms in total. The Hall–Kier alpha value is -1.63. The zero-order valence-corrected chi connectivity index (χ0v) is 17.2. The Morgan fingerprint density at radius 2 is 1.62 bits per heavy atom. The molecular formula is C20H22BBrO4. The van der Waals surface area contributed by atoms with Crippen molar-refractivity contribution in [2.75, 3.05) is 7.11 Å². The van der Waals surface area contributed by atoms with Crippen LogP contribution in [0.1, 0.15) is 38.1 Å². The van der Waals surface area contributed by atoms with E-state index in [-0.39, 0.29) is 5.97 Å². The van der Waals surface area contributed by atoms with Crippen LogP contribution in [0.5, 0.6) is 0 Å². The molecule has 0 unspecified atom stereocenters. The second-order valence-corrected chi connectivity index (χ2v) is 8.22. The van der Waals surface area contributed by atoms with Crippen molar-refractivity contribution < 1.29 is 18.8 Å². The molecule has 6 heteroatoms. The van der Waals surface area contributed by atoms with E-state index in [0.717, 1.165) is 21.1 Å². The lowest BCUT2D eigenvalue weighted by Gasteiger charge is -2.32. The molecule has 3 rings (SSSR count). The van der Waals surface area contributed by atoms with Gasteiger partial charge in [0.15, 0.2) is 0 Å². The zero-order chi connectivity index (χ0) is 19.1. The average molecular weight is 417 g/mol. The second kappa shape index (κ2) is 6.84. The number of hydrogen-bond acceptors (Lipinski definition) is 4. The first kappa shape index (κ1) is 19.1. The summed E-state index contributed by atoms with van der Waals surface area (Å²) in [5.74, 6) is -0.386. The van der Waals surface area contributed by atoms with Crippen molar-refractivity contribution >= 4 is 34.5 Å². The lowest BCUT2D eigenvalue weighted by molar-refractivity contribution is 0.00578. The van der Waals surface area contributed by atoms with Crippen LogP contribution in [-0.4, -0.2) is 31.4 Å². The van der Waals surface area contributed by atoms with Crippen LogP contribution < -0.4 is 5.46 Å². The van der Waals surface area contributed by atoms with Crippen molar-refractivity contribution in [2.45, 2.75) is 38.9 Å². The van der Waals surface area contributed by atoms with E-state index in [0.29, 0.717) is 5.56 Å². The zero-order valence-electron chi connectivity index (χ0n) is 15.6. The smallest absolute Gasteiger partial charge is 0.465 e. The molecule has 26 heavy (non-hydrogen) atoms. The molecule has 1 saturated heterocycles. The Balaban J connectivity index is 2.18. The molecule has 0 atom stereocenters. The van der Waals surface area contributed by atoms with Gasteiger partial charge < -0.3 is 14.0 Å². The number of rotatable bonds is 3. The maximum Gasteiger partial charge on any atom is 0.496 e. The summed E-state index contributed by atoms with van der Waals surface area (Å²) >= 11 is 3.61. The van der Waals surface area contributed by atoms with Crippen molar-refractivity contribution in [2.24, 2.45) is 0 Å². The summed E-state index contributed by atoms with van der Waals surface area (Å²) in [6, 6.07) is 13.4. The highest BCUT2D eigenvalue weighted by molar-refractivity contribution is 9.10. The molecular weight excluding hydrogens is 395 g/mol. The molecule has 1 aliphatic rings. The third-order valence-corrected chi connectivity index (χ3v) is 5.78. The van der Waals surface area contributed by atoms with E-state index in [1.54, 1.807) is 6.07 Å². The van der Waals surface area contributed by atoms with Gasteiger partial charge in [-0.1, -0.05) is 46.3 Å². The van der Waals surface area contributed by atoms with Gasteiger partial charge in [-0.25, -0.2) is 4.79 Å². The van der Waals surface area contributed by atoms with E-state index in [9.17, 15) is 4.79 Å². The van der Waals surface area contributed by atoms with Gasteiger partial charge in [0.1, 0.15) is 0 Å². The normalized spacial score (nSPS) is 18.0. The van der Waals surface area contributed by atoms with Gasteiger partial charge in [-0.15, -0.1) is 0 Å². The molecule has 0 aromatic heterocycles. The molecule has 0 radical (unpaired) electrons. The Morgan fingerprint density at radius 3 is 2.15 bits per heavy atom. The monoisotopic (exact) mass is 416 g/mol. The summed E-state index contributed by atoms with van der Waals surface area (Å²) in [4.78, 5) is 12.1. The third-order valence-electron chi connectivity index (χ3n) is 5.12. The molecule has 1 heterocycles. The minimum atomic E-state index is -0.545. The van der Waals surface area contributed by atoms with E-state index in [1.807, 2.05) is 64.1 Å². The van der Waals surface area contributed by atoms with Gasteiger partial charge >= 0.3 is 13.1 Å². The minimum absolute atomic E-state index is 0.386. The Labute approximate surface area is 163 Å². The van der Waals surface area contributed by atoms with E-state index in [2.05, 4.69) is 15.9 Å². The first-order valence-corrected chi connectivity index (χ1v) is 9.28. The van der Waals surface area contributed by atoms with E-state index in [4.69, 9.17) is 14.0 Å². The Bertz CT molecular complexity index is 817. The maximum absolute atomic E-state index is 12.1. The quantitative estimate of drug-likeness (QED) is 0.555. The highest BCUT2D eigenvalue weighted by atomic mass is 79.9. The van der Waals surface area contributed by atoms with Crippen LogP contribution in [0.15, 0.2) is 46.9 Å². The van der Waals surface area contributed by atoms with Crippen molar-refractivity contribution in [3.8, 4) is 11.1 Å². The highest BCUT2D eigenvalue weighted by Gasteiger charge is 2.52. The van der Waals surface area contributed by atoms with Gasteiger partial charge in [0.25, 0.3) is 0 Å². The molecule has 0 aliphatic carbocycles. The average Bonchev–Trinajstić information content (AvgIpc) is 2.81. The largest absolute Gasteiger partial charge is 0.496 e. The van der Waals surface area contributed by atoms with Crippen LogP contribution in [-0.2, 0) is 14.0 Å².